The van der Waals surface area contributed by atoms with Crippen molar-refractivity contribution in [2.45, 2.75) is 52.0 Å². The third kappa shape index (κ3) is 4.73. The fourth-order valence-corrected chi connectivity index (χ4v) is 8.62. The lowest BCUT2D eigenvalue weighted by Crippen LogP contribution is -2.14. The van der Waals surface area contributed by atoms with Gasteiger partial charge in [0.2, 0.25) is 0 Å². The van der Waals surface area contributed by atoms with Crippen molar-refractivity contribution in [2.24, 2.45) is 0 Å². The minimum atomic E-state index is -0.0399. The van der Waals surface area contributed by atoms with E-state index in [2.05, 4.69) is 165 Å². The van der Waals surface area contributed by atoms with Gasteiger partial charge in [-0.2, -0.15) is 0 Å². The van der Waals surface area contributed by atoms with Gasteiger partial charge in [-0.05, 0) is 103 Å². The van der Waals surface area contributed by atoms with Crippen molar-refractivity contribution < 1.29 is 0 Å². The first-order chi connectivity index (χ1) is 24.0. The quantitative estimate of drug-likeness (QED) is 0.160. The molecule has 7 aromatic carbocycles. The van der Waals surface area contributed by atoms with Gasteiger partial charge in [0.25, 0.3) is 0 Å². The minimum absolute atomic E-state index is 0.0399. The highest BCUT2D eigenvalue weighted by atomic mass is 15.1. The average Bonchev–Trinajstić information content (AvgIpc) is 3.61. The van der Waals surface area contributed by atoms with Crippen LogP contribution < -0.4 is 0 Å². The van der Waals surface area contributed by atoms with Crippen molar-refractivity contribution in [3.05, 3.63) is 173 Å². The van der Waals surface area contributed by atoms with Crippen LogP contribution in [0.25, 0.3) is 54.8 Å². The molecule has 0 radical (unpaired) electrons. The number of fused-ring (bicyclic) bond motifs is 6. The summed E-state index contributed by atoms with van der Waals surface area (Å²) >= 11 is 0. The zero-order valence-electron chi connectivity index (χ0n) is 28.5. The molecule has 0 atom stereocenters. The van der Waals surface area contributed by atoms with E-state index >= 15 is 0 Å². The summed E-state index contributed by atoms with van der Waals surface area (Å²) in [5.74, 6) is 1.14. The third-order valence-electron chi connectivity index (χ3n) is 11.1. The van der Waals surface area contributed by atoms with E-state index in [1.807, 2.05) is 0 Å². The van der Waals surface area contributed by atoms with E-state index in [0.717, 1.165) is 37.1 Å². The Balaban J connectivity index is 1.14. The number of imidazole rings is 1. The second-order valence-corrected chi connectivity index (χ2v) is 14.1. The van der Waals surface area contributed by atoms with Crippen molar-refractivity contribution in [2.75, 3.05) is 0 Å². The fourth-order valence-electron chi connectivity index (χ4n) is 8.62. The van der Waals surface area contributed by atoms with Crippen LogP contribution in [0.5, 0.6) is 0 Å². The zero-order chi connectivity index (χ0) is 33.1. The van der Waals surface area contributed by atoms with Crippen LogP contribution in [0.2, 0.25) is 0 Å². The van der Waals surface area contributed by atoms with Gasteiger partial charge in [0.1, 0.15) is 5.82 Å². The van der Waals surface area contributed by atoms with Gasteiger partial charge >= 0.3 is 0 Å². The monoisotopic (exact) mass is 632 g/mol. The molecule has 2 heteroatoms. The van der Waals surface area contributed by atoms with E-state index in [1.54, 1.807) is 0 Å². The number of nitrogens with zero attached hydrogens (tertiary/aromatic N) is 2. The maximum absolute atomic E-state index is 4.95. The summed E-state index contributed by atoms with van der Waals surface area (Å²) in [6.07, 6.45) is 2.86. The molecule has 0 N–H and O–H groups in total. The summed E-state index contributed by atoms with van der Waals surface area (Å²) in [6, 6.07) is 51.8. The SMILES string of the molecule is CCc1nc2ccccc2n1Cc1ccccc1CCc1c2ccccc2c(-c2ccc3c(c2)C(C)(C)c2ccccc2-3)c2ccccc12. The predicted molar refractivity (Wildman–Crippen MR) is 207 cm³/mol. The molecule has 0 spiro atoms. The summed E-state index contributed by atoms with van der Waals surface area (Å²) in [6.45, 7) is 7.78. The third-order valence-corrected chi connectivity index (χ3v) is 11.1. The number of aryl methyl sites for hydroxylation is 3. The van der Waals surface area contributed by atoms with Gasteiger partial charge in [-0.1, -0.05) is 142 Å². The van der Waals surface area contributed by atoms with Crippen molar-refractivity contribution >= 4 is 32.6 Å². The lowest BCUT2D eigenvalue weighted by Gasteiger charge is -2.23. The molecule has 49 heavy (non-hydrogen) atoms. The number of benzene rings is 7. The van der Waals surface area contributed by atoms with Gasteiger partial charge in [-0.15, -0.1) is 0 Å². The van der Waals surface area contributed by atoms with Crippen LogP contribution in [-0.4, -0.2) is 9.55 Å². The molecular formula is C47H40N2. The summed E-state index contributed by atoms with van der Waals surface area (Å²) in [5, 5.41) is 5.36. The van der Waals surface area contributed by atoms with Gasteiger partial charge in [0.05, 0.1) is 11.0 Å². The van der Waals surface area contributed by atoms with Crippen molar-refractivity contribution in [1.82, 2.24) is 9.55 Å². The summed E-state index contributed by atoms with van der Waals surface area (Å²) in [4.78, 5) is 4.95. The van der Waals surface area contributed by atoms with Gasteiger partial charge in [-0.25, -0.2) is 4.98 Å². The number of hydrogen-bond acceptors (Lipinski definition) is 1. The molecule has 1 aliphatic carbocycles. The van der Waals surface area contributed by atoms with Crippen LogP contribution >= 0.6 is 0 Å². The Hall–Kier alpha value is -5.47. The molecule has 238 valence electrons. The summed E-state index contributed by atoms with van der Waals surface area (Å²) in [5.41, 5.74) is 14.6. The summed E-state index contributed by atoms with van der Waals surface area (Å²) < 4.78 is 2.41. The van der Waals surface area contributed by atoms with Gasteiger partial charge in [0.15, 0.2) is 0 Å². The smallest absolute Gasteiger partial charge is 0.109 e. The first-order valence-corrected chi connectivity index (χ1v) is 17.7. The minimum Gasteiger partial charge on any atom is -0.323 e. The Morgan fingerprint density at radius 1 is 0.571 bits per heavy atom. The zero-order valence-corrected chi connectivity index (χ0v) is 28.5. The second-order valence-electron chi connectivity index (χ2n) is 14.1. The molecule has 0 amide bonds. The van der Waals surface area contributed by atoms with Gasteiger partial charge in [0, 0.05) is 18.4 Å². The Bertz CT molecular complexity index is 2490. The van der Waals surface area contributed by atoms with Crippen LogP contribution in [0.4, 0.5) is 0 Å². The maximum atomic E-state index is 4.95. The molecular weight excluding hydrogens is 593 g/mol. The van der Waals surface area contributed by atoms with Crippen LogP contribution in [0.15, 0.2) is 140 Å². The number of para-hydroxylation sites is 2. The molecule has 0 fully saturated rings. The summed E-state index contributed by atoms with van der Waals surface area (Å²) in [7, 11) is 0. The highest BCUT2D eigenvalue weighted by Crippen LogP contribution is 2.50. The molecule has 0 aliphatic heterocycles. The normalized spacial score (nSPS) is 13.3. The fraction of sp³-hybridized carbons (Fsp3) is 0.170. The van der Waals surface area contributed by atoms with Crippen LogP contribution in [0.1, 0.15) is 54.4 Å². The molecule has 0 unspecified atom stereocenters. The lowest BCUT2D eigenvalue weighted by atomic mass is 9.80. The lowest BCUT2D eigenvalue weighted by molar-refractivity contribution is 0.660. The maximum Gasteiger partial charge on any atom is 0.109 e. The molecule has 0 bridgehead atoms. The largest absolute Gasteiger partial charge is 0.323 e. The topological polar surface area (TPSA) is 17.8 Å². The molecule has 1 heterocycles. The van der Waals surface area contributed by atoms with Gasteiger partial charge in [-0.3, -0.25) is 0 Å². The van der Waals surface area contributed by atoms with Gasteiger partial charge < -0.3 is 4.57 Å². The van der Waals surface area contributed by atoms with E-state index in [4.69, 9.17) is 4.98 Å². The van der Waals surface area contributed by atoms with Crippen molar-refractivity contribution in [3.63, 3.8) is 0 Å². The van der Waals surface area contributed by atoms with E-state index in [1.165, 1.54) is 77.1 Å². The molecule has 0 saturated heterocycles. The second kappa shape index (κ2) is 11.6. The Morgan fingerprint density at radius 3 is 1.94 bits per heavy atom. The average molecular weight is 633 g/mol. The standard InChI is InChI=1S/C47H40N2/c1-4-45-48-43-23-13-14-24-44(43)49(45)30-33-16-6-5-15-31(33)25-27-36-34-17-7-9-20-39(34)46(40-21-10-8-18-35(36)40)32-26-28-38-37-19-11-12-22-41(37)47(2,3)42(38)29-32/h5-24,26,28-29H,4,25,27,30H2,1-3H3. The molecule has 9 rings (SSSR count). The molecule has 1 aliphatic rings. The molecule has 1 aromatic heterocycles. The number of hydrogen-bond donors (Lipinski definition) is 0. The first-order valence-electron chi connectivity index (χ1n) is 17.7. The predicted octanol–water partition coefficient (Wildman–Crippen LogP) is 11.7. The van der Waals surface area contributed by atoms with Crippen molar-refractivity contribution in [1.29, 1.82) is 0 Å². The van der Waals surface area contributed by atoms with E-state index in [-0.39, 0.29) is 5.41 Å². The molecule has 8 aromatic rings. The Kier molecular flexibility index (Phi) is 7.02. The number of aromatic nitrogens is 2. The van der Waals surface area contributed by atoms with E-state index in [9.17, 15) is 0 Å². The van der Waals surface area contributed by atoms with Crippen LogP contribution in [-0.2, 0) is 31.2 Å². The van der Waals surface area contributed by atoms with E-state index in [0.29, 0.717) is 0 Å². The molecule has 2 nitrogen and oxygen atoms in total. The Labute approximate surface area is 288 Å². The first kappa shape index (κ1) is 29.7. The van der Waals surface area contributed by atoms with Crippen LogP contribution in [0, 0.1) is 0 Å². The van der Waals surface area contributed by atoms with Crippen LogP contribution in [0.3, 0.4) is 0 Å². The highest BCUT2D eigenvalue weighted by Gasteiger charge is 2.35. The highest BCUT2D eigenvalue weighted by molar-refractivity contribution is 6.15. The molecule has 0 saturated carbocycles. The van der Waals surface area contributed by atoms with E-state index < -0.39 is 0 Å². The Morgan fingerprint density at radius 2 is 1.18 bits per heavy atom. The number of rotatable bonds is 7. The van der Waals surface area contributed by atoms with Crippen molar-refractivity contribution in [3.8, 4) is 22.3 Å².